The third-order valence-electron chi connectivity index (χ3n) is 3.05. The Labute approximate surface area is 109 Å². The lowest BCUT2D eigenvalue weighted by Gasteiger charge is -2.32. The maximum absolute atomic E-state index is 13.3. The van der Waals surface area contributed by atoms with E-state index in [0.29, 0.717) is 19.2 Å². The lowest BCUT2D eigenvalue weighted by atomic mass is 10.2. The first-order valence-corrected chi connectivity index (χ1v) is 6.19. The van der Waals surface area contributed by atoms with Crippen LogP contribution in [0.15, 0.2) is 6.07 Å². The third-order valence-corrected chi connectivity index (χ3v) is 3.05. The molecule has 19 heavy (non-hydrogen) atoms. The summed E-state index contributed by atoms with van der Waals surface area (Å²) < 4.78 is 44.5. The number of hydrogen-bond acceptors (Lipinski definition) is 4. The van der Waals surface area contributed by atoms with Gasteiger partial charge in [-0.15, -0.1) is 0 Å². The van der Waals surface area contributed by atoms with E-state index in [4.69, 9.17) is 4.74 Å². The third kappa shape index (κ3) is 3.57. The number of likely N-dealkylation sites (N-methyl/N-ethyl adjacent to an activating group) is 1. The van der Waals surface area contributed by atoms with Gasteiger partial charge >= 0.3 is 0 Å². The van der Waals surface area contributed by atoms with Gasteiger partial charge < -0.3 is 10.1 Å². The molecule has 1 fully saturated rings. The molecule has 2 rings (SSSR count). The van der Waals surface area contributed by atoms with E-state index in [1.54, 1.807) is 0 Å². The summed E-state index contributed by atoms with van der Waals surface area (Å²) in [4.78, 5) is 5.40. The van der Waals surface area contributed by atoms with Crippen LogP contribution < -0.4 is 5.32 Å². The summed E-state index contributed by atoms with van der Waals surface area (Å²) in [6.45, 7) is 5.45. The van der Waals surface area contributed by atoms with Gasteiger partial charge in [-0.3, -0.25) is 4.90 Å². The number of hydrogen-bond donors (Lipinski definition) is 1. The smallest absolute Gasteiger partial charge is 0.251 e. The molecular formula is C12H16F3N3O. The number of halogens is 3. The van der Waals surface area contributed by atoms with Gasteiger partial charge in [0.1, 0.15) is 0 Å². The first-order valence-electron chi connectivity index (χ1n) is 6.19. The van der Waals surface area contributed by atoms with Crippen LogP contribution in [0.3, 0.4) is 0 Å². The Morgan fingerprint density at radius 3 is 2.95 bits per heavy atom. The van der Waals surface area contributed by atoms with Crippen LogP contribution in [-0.2, 0) is 4.74 Å². The van der Waals surface area contributed by atoms with E-state index in [0.717, 1.165) is 19.6 Å². The molecule has 0 aliphatic carbocycles. The Balaban J connectivity index is 1.93. The summed E-state index contributed by atoms with van der Waals surface area (Å²) in [6.07, 6.45) is -0.122. The number of nitrogens with zero attached hydrogens (tertiary/aromatic N) is 2. The van der Waals surface area contributed by atoms with Gasteiger partial charge in [-0.05, 0) is 6.54 Å². The van der Waals surface area contributed by atoms with Crippen LogP contribution in [0, 0.1) is 17.6 Å². The number of aromatic nitrogens is 1. The fourth-order valence-electron chi connectivity index (χ4n) is 1.97. The highest BCUT2D eigenvalue weighted by molar-refractivity contribution is 5.36. The molecule has 0 spiro atoms. The van der Waals surface area contributed by atoms with Crippen LogP contribution >= 0.6 is 0 Å². The molecule has 1 aromatic rings. The second-order valence-electron chi connectivity index (χ2n) is 4.36. The average molecular weight is 275 g/mol. The molecule has 1 saturated heterocycles. The van der Waals surface area contributed by atoms with Crippen molar-refractivity contribution in [3.05, 3.63) is 23.6 Å². The maximum atomic E-state index is 13.3. The Morgan fingerprint density at radius 2 is 2.21 bits per heavy atom. The van der Waals surface area contributed by atoms with Gasteiger partial charge in [-0.1, -0.05) is 6.92 Å². The molecule has 1 unspecified atom stereocenters. The first-order chi connectivity index (χ1) is 9.10. The van der Waals surface area contributed by atoms with Crippen molar-refractivity contribution in [2.75, 3.05) is 38.1 Å². The van der Waals surface area contributed by atoms with Crippen LogP contribution in [0.1, 0.15) is 6.92 Å². The van der Waals surface area contributed by atoms with Crippen LogP contribution in [0.5, 0.6) is 0 Å². The highest BCUT2D eigenvalue weighted by Gasteiger charge is 2.20. The fourth-order valence-corrected chi connectivity index (χ4v) is 1.97. The number of ether oxygens (including phenoxy) is 1. The second kappa shape index (κ2) is 6.21. The van der Waals surface area contributed by atoms with Crippen LogP contribution in [-0.4, -0.2) is 48.8 Å². The van der Waals surface area contributed by atoms with E-state index in [2.05, 4.69) is 15.2 Å². The number of rotatable bonds is 4. The molecule has 0 radical (unpaired) electrons. The van der Waals surface area contributed by atoms with E-state index >= 15 is 0 Å². The van der Waals surface area contributed by atoms with E-state index in [-0.39, 0.29) is 11.9 Å². The molecule has 1 N–H and O–H groups in total. The molecule has 0 amide bonds. The van der Waals surface area contributed by atoms with Gasteiger partial charge in [-0.25, -0.2) is 8.78 Å². The van der Waals surface area contributed by atoms with Crippen molar-refractivity contribution < 1.29 is 17.9 Å². The Kier molecular flexibility index (Phi) is 4.60. The zero-order valence-electron chi connectivity index (χ0n) is 10.6. The van der Waals surface area contributed by atoms with Gasteiger partial charge in [0.15, 0.2) is 17.5 Å². The number of morpholine rings is 1. The molecule has 0 aromatic carbocycles. The minimum absolute atomic E-state index is 0.122. The first kappa shape index (κ1) is 14.1. The highest BCUT2D eigenvalue weighted by Crippen LogP contribution is 2.15. The Hall–Kier alpha value is -1.34. The minimum atomic E-state index is -1.32. The van der Waals surface area contributed by atoms with Gasteiger partial charge in [0.05, 0.1) is 12.7 Å². The lowest BCUT2D eigenvalue weighted by Crippen LogP contribution is -2.45. The van der Waals surface area contributed by atoms with E-state index < -0.39 is 17.6 Å². The summed E-state index contributed by atoms with van der Waals surface area (Å²) in [5.41, 5.74) is 0. The number of nitrogens with one attached hydrogen (secondary N) is 1. The van der Waals surface area contributed by atoms with Crippen molar-refractivity contribution in [1.82, 2.24) is 9.88 Å². The van der Waals surface area contributed by atoms with Gasteiger partial charge in [0.25, 0.3) is 5.95 Å². The molecule has 1 aliphatic heterocycles. The molecule has 4 nitrogen and oxygen atoms in total. The topological polar surface area (TPSA) is 37.4 Å². The van der Waals surface area contributed by atoms with Crippen molar-refractivity contribution in [3.8, 4) is 0 Å². The standard InChI is InChI=1S/C12H16F3N3O/c1-2-18-3-4-19-8(7-18)6-16-12-10(14)5-9(13)11(15)17-12/h5,8H,2-4,6-7H2,1H3,(H,16,17). The van der Waals surface area contributed by atoms with Crippen molar-refractivity contribution in [2.24, 2.45) is 0 Å². The van der Waals surface area contributed by atoms with E-state index in [9.17, 15) is 13.2 Å². The number of pyridine rings is 1. The highest BCUT2D eigenvalue weighted by atomic mass is 19.2. The van der Waals surface area contributed by atoms with Crippen molar-refractivity contribution >= 4 is 5.82 Å². The molecular weight excluding hydrogens is 259 g/mol. The molecule has 0 bridgehead atoms. The Bertz CT molecular complexity index is 444. The summed E-state index contributed by atoms with van der Waals surface area (Å²) in [5, 5.41) is 2.65. The monoisotopic (exact) mass is 275 g/mol. The predicted molar refractivity (Wildman–Crippen MR) is 64.5 cm³/mol. The summed E-state index contributed by atoms with van der Waals surface area (Å²) in [5.74, 6) is -3.82. The summed E-state index contributed by atoms with van der Waals surface area (Å²) in [7, 11) is 0. The lowest BCUT2D eigenvalue weighted by molar-refractivity contribution is -0.0192. The largest absolute Gasteiger partial charge is 0.374 e. The van der Waals surface area contributed by atoms with Gasteiger partial charge in [0, 0.05) is 25.7 Å². The number of anilines is 1. The summed E-state index contributed by atoms with van der Waals surface area (Å²) >= 11 is 0. The van der Waals surface area contributed by atoms with Crippen molar-refractivity contribution in [1.29, 1.82) is 0 Å². The minimum Gasteiger partial charge on any atom is -0.374 e. The quantitative estimate of drug-likeness (QED) is 0.848. The predicted octanol–water partition coefficient (Wildman–Crippen LogP) is 1.63. The molecule has 1 atom stereocenters. The zero-order chi connectivity index (χ0) is 13.8. The second-order valence-corrected chi connectivity index (χ2v) is 4.36. The molecule has 1 aliphatic rings. The van der Waals surface area contributed by atoms with Crippen LogP contribution in [0.25, 0.3) is 0 Å². The van der Waals surface area contributed by atoms with Crippen LogP contribution in [0.4, 0.5) is 19.0 Å². The van der Waals surface area contributed by atoms with Gasteiger partial charge in [-0.2, -0.15) is 9.37 Å². The van der Waals surface area contributed by atoms with Crippen molar-refractivity contribution in [2.45, 2.75) is 13.0 Å². The fraction of sp³-hybridized carbons (Fsp3) is 0.583. The SMILES string of the molecule is CCN1CCOC(CNc2nc(F)c(F)cc2F)C1. The Morgan fingerprint density at radius 1 is 1.42 bits per heavy atom. The van der Waals surface area contributed by atoms with Crippen LogP contribution in [0.2, 0.25) is 0 Å². The molecule has 106 valence electrons. The molecule has 2 heterocycles. The van der Waals surface area contributed by atoms with Crippen molar-refractivity contribution in [3.63, 3.8) is 0 Å². The van der Waals surface area contributed by atoms with E-state index in [1.165, 1.54) is 0 Å². The maximum Gasteiger partial charge on any atom is 0.251 e. The summed E-state index contributed by atoms with van der Waals surface area (Å²) in [6, 6.07) is 0.477. The molecule has 0 saturated carbocycles. The average Bonchev–Trinajstić information content (AvgIpc) is 2.41. The molecule has 1 aromatic heterocycles. The van der Waals surface area contributed by atoms with Gasteiger partial charge in [0.2, 0.25) is 0 Å². The molecule has 7 heteroatoms. The van der Waals surface area contributed by atoms with E-state index in [1.807, 2.05) is 6.92 Å². The normalized spacial score (nSPS) is 20.5. The zero-order valence-corrected chi connectivity index (χ0v) is 10.6.